The minimum absolute atomic E-state index is 0.318. The lowest BCUT2D eigenvalue weighted by Gasteiger charge is -2.38. The number of morpholine rings is 1. The first-order valence-corrected chi connectivity index (χ1v) is 7.26. The van der Waals surface area contributed by atoms with Crippen molar-refractivity contribution in [3.05, 3.63) is 35.4 Å². The average Bonchev–Trinajstić information content (AvgIpc) is 2.54. The Morgan fingerprint density at radius 3 is 2.18 bits per heavy atom. The van der Waals surface area contributed by atoms with Gasteiger partial charge < -0.3 is 14.9 Å². The number of benzene rings is 1. The van der Waals surface area contributed by atoms with Crippen LogP contribution in [0.15, 0.2) is 24.3 Å². The molecule has 1 aliphatic rings. The van der Waals surface area contributed by atoms with Crippen molar-refractivity contribution in [3.63, 3.8) is 0 Å². The van der Waals surface area contributed by atoms with Crippen LogP contribution in [0.25, 0.3) is 0 Å². The van der Waals surface area contributed by atoms with E-state index in [1.54, 1.807) is 4.90 Å². The van der Waals surface area contributed by atoms with E-state index in [0.29, 0.717) is 37.4 Å². The molecule has 0 amide bonds. The summed E-state index contributed by atoms with van der Waals surface area (Å²) in [6, 6.07) is 5.95. The maximum absolute atomic E-state index is 12.5. The standard InChI is InChI=1S/C16H21NO5/c1-11(18)14(19)12-3-5-13(6-4-12)15(20)16(2,21)17-7-9-22-10-8-17/h3-6,11,18,21H,7-10H2,1-2H3. The predicted octanol–water partition coefficient (Wildman–Crippen LogP) is 0.473. The topological polar surface area (TPSA) is 87.1 Å². The fraction of sp³-hybridized carbons (Fsp3) is 0.500. The number of ether oxygens (including phenoxy) is 1. The summed E-state index contributed by atoms with van der Waals surface area (Å²) in [5.74, 6) is -0.829. The number of rotatable bonds is 5. The molecule has 2 rings (SSSR count). The van der Waals surface area contributed by atoms with Crippen molar-refractivity contribution in [3.8, 4) is 0 Å². The van der Waals surface area contributed by atoms with E-state index in [4.69, 9.17) is 4.74 Å². The molecule has 6 heteroatoms. The highest BCUT2D eigenvalue weighted by Crippen LogP contribution is 2.20. The van der Waals surface area contributed by atoms with Crippen LogP contribution in [0.2, 0.25) is 0 Å². The van der Waals surface area contributed by atoms with Crippen molar-refractivity contribution in [1.82, 2.24) is 4.90 Å². The molecule has 0 bridgehead atoms. The molecule has 22 heavy (non-hydrogen) atoms. The number of carbonyl (C=O) groups is 2. The molecule has 0 aliphatic carbocycles. The van der Waals surface area contributed by atoms with Gasteiger partial charge in [0.1, 0.15) is 6.10 Å². The highest BCUT2D eigenvalue weighted by Gasteiger charge is 2.38. The lowest BCUT2D eigenvalue weighted by atomic mass is 9.97. The number of aliphatic hydroxyl groups is 2. The zero-order valence-corrected chi connectivity index (χ0v) is 12.8. The van der Waals surface area contributed by atoms with Crippen LogP contribution < -0.4 is 0 Å². The maximum atomic E-state index is 12.5. The van der Waals surface area contributed by atoms with E-state index in [1.165, 1.54) is 38.1 Å². The van der Waals surface area contributed by atoms with Crippen LogP contribution in [0.4, 0.5) is 0 Å². The van der Waals surface area contributed by atoms with Crippen LogP contribution in [0, 0.1) is 0 Å². The molecule has 1 aromatic carbocycles. The second-order valence-corrected chi connectivity index (χ2v) is 5.57. The van der Waals surface area contributed by atoms with E-state index in [1.807, 2.05) is 0 Å². The number of ketones is 2. The molecule has 2 N–H and O–H groups in total. The van der Waals surface area contributed by atoms with Crippen molar-refractivity contribution in [2.24, 2.45) is 0 Å². The molecule has 1 aromatic rings. The van der Waals surface area contributed by atoms with Gasteiger partial charge in [0.2, 0.25) is 5.78 Å². The summed E-state index contributed by atoms with van der Waals surface area (Å²) in [7, 11) is 0. The smallest absolute Gasteiger partial charge is 0.209 e. The van der Waals surface area contributed by atoms with Gasteiger partial charge in [0, 0.05) is 24.2 Å². The van der Waals surface area contributed by atoms with E-state index >= 15 is 0 Å². The molecule has 6 nitrogen and oxygen atoms in total. The third-order valence-electron chi connectivity index (χ3n) is 3.87. The first-order valence-electron chi connectivity index (χ1n) is 7.26. The van der Waals surface area contributed by atoms with Gasteiger partial charge in [0.05, 0.1) is 13.2 Å². The molecule has 1 fully saturated rings. The minimum Gasteiger partial charge on any atom is -0.385 e. The first kappa shape index (κ1) is 16.8. The molecule has 0 radical (unpaired) electrons. The third kappa shape index (κ3) is 3.41. The number of carbonyl (C=O) groups excluding carboxylic acids is 2. The Morgan fingerprint density at radius 2 is 1.68 bits per heavy atom. The van der Waals surface area contributed by atoms with Gasteiger partial charge in [-0.15, -0.1) is 0 Å². The third-order valence-corrected chi connectivity index (χ3v) is 3.87. The summed E-state index contributed by atoms with van der Waals surface area (Å²) >= 11 is 0. The fourth-order valence-corrected chi connectivity index (χ4v) is 2.44. The number of hydrogen-bond donors (Lipinski definition) is 2. The van der Waals surface area contributed by atoms with Crippen molar-refractivity contribution in [2.75, 3.05) is 26.3 Å². The maximum Gasteiger partial charge on any atom is 0.209 e. The molecule has 2 unspecified atom stereocenters. The Balaban J connectivity index is 2.16. The van der Waals surface area contributed by atoms with Crippen LogP contribution in [-0.2, 0) is 4.74 Å². The number of Topliss-reactive ketones (excluding diaryl/α,β-unsaturated/α-hetero) is 2. The van der Waals surface area contributed by atoms with Crippen molar-refractivity contribution >= 4 is 11.6 Å². The molecule has 1 heterocycles. The molecule has 1 saturated heterocycles. The van der Waals surface area contributed by atoms with E-state index < -0.39 is 23.4 Å². The van der Waals surface area contributed by atoms with Crippen LogP contribution in [-0.4, -0.2) is 64.8 Å². The lowest BCUT2D eigenvalue weighted by molar-refractivity contribution is -0.101. The zero-order valence-electron chi connectivity index (χ0n) is 12.8. The SMILES string of the molecule is CC(O)C(=O)c1ccc(C(=O)C(C)(O)N2CCOCC2)cc1. The number of hydrogen-bond acceptors (Lipinski definition) is 6. The van der Waals surface area contributed by atoms with Crippen LogP contribution in [0.3, 0.4) is 0 Å². The predicted molar refractivity (Wildman–Crippen MR) is 79.8 cm³/mol. The molecule has 0 saturated carbocycles. The van der Waals surface area contributed by atoms with Gasteiger partial charge in [-0.05, 0) is 13.8 Å². The Labute approximate surface area is 129 Å². The first-order chi connectivity index (χ1) is 10.3. The van der Waals surface area contributed by atoms with Crippen molar-refractivity contribution < 1.29 is 24.5 Å². The van der Waals surface area contributed by atoms with Crippen LogP contribution in [0.1, 0.15) is 34.6 Å². The van der Waals surface area contributed by atoms with E-state index in [0.717, 1.165) is 0 Å². The Morgan fingerprint density at radius 1 is 1.18 bits per heavy atom. The molecule has 120 valence electrons. The summed E-state index contributed by atoms with van der Waals surface area (Å²) in [4.78, 5) is 25.9. The number of aliphatic hydroxyl groups excluding tert-OH is 1. The molecule has 0 aromatic heterocycles. The summed E-state index contributed by atoms with van der Waals surface area (Å²) in [5, 5.41) is 19.8. The van der Waals surface area contributed by atoms with E-state index in [9.17, 15) is 19.8 Å². The van der Waals surface area contributed by atoms with Gasteiger partial charge in [-0.25, -0.2) is 0 Å². The van der Waals surface area contributed by atoms with Crippen molar-refractivity contribution in [1.29, 1.82) is 0 Å². The summed E-state index contributed by atoms with van der Waals surface area (Å²) in [5.41, 5.74) is -0.962. The molecular weight excluding hydrogens is 286 g/mol. The summed E-state index contributed by atoms with van der Waals surface area (Å²) < 4.78 is 5.22. The fourth-order valence-electron chi connectivity index (χ4n) is 2.44. The lowest BCUT2D eigenvalue weighted by Crippen LogP contribution is -2.56. The van der Waals surface area contributed by atoms with E-state index in [2.05, 4.69) is 0 Å². The highest BCUT2D eigenvalue weighted by atomic mass is 16.5. The minimum atomic E-state index is -1.61. The molecule has 1 aliphatic heterocycles. The summed E-state index contributed by atoms with van der Waals surface area (Å²) in [6.45, 7) is 4.78. The second kappa shape index (κ2) is 6.66. The van der Waals surface area contributed by atoms with Crippen LogP contribution >= 0.6 is 0 Å². The highest BCUT2D eigenvalue weighted by molar-refractivity contribution is 6.03. The number of nitrogens with zero attached hydrogens (tertiary/aromatic N) is 1. The Bertz CT molecular complexity index is 544. The molecule has 0 spiro atoms. The average molecular weight is 307 g/mol. The summed E-state index contributed by atoms with van der Waals surface area (Å²) in [6.07, 6.45) is -1.09. The molecular formula is C16H21NO5. The van der Waals surface area contributed by atoms with Gasteiger partial charge in [-0.3, -0.25) is 14.5 Å². The van der Waals surface area contributed by atoms with Gasteiger partial charge >= 0.3 is 0 Å². The normalized spacial score (nSPS) is 20.2. The largest absolute Gasteiger partial charge is 0.385 e. The van der Waals surface area contributed by atoms with Gasteiger partial charge in [-0.1, -0.05) is 24.3 Å². The van der Waals surface area contributed by atoms with Gasteiger partial charge in [0.25, 0.3) is 0 Å². The van der Waals surface area contributed by atoms with Gasteiger partial charge in [0.15, 0.2) is 11.5 Å². The van der Waals surface area contributed by atoms with E-state index in [-0.39, 0.29) is 0 Å². The second-order valence-electron chi connectivity index (χ2n) is 5.57. The quantitative estimate of drug-likeness (QED) is 0.769. The Kier molecular flexibility index (Phi) is 5.08. The van der Waals surface area contributed by atoms with Crippen LogP contribution in [0.5, 0.6) is 0 Å². The van der Waals surface area contributed by atoms with Gasteiger partial charge in [-0.2, -0.15) is 0 Å². The zero-order chi connectivity index (χ0) is 16.3. The van der Waals surface area contributed by atoms with Crippen molar-refractivity contribution in [2.45, 2.75) is 25.7 Å². The molecule has 2 atom stereocenters. The Hall–Kier alpha value is -1.60. The monoisotopic (exact) mass is 307 g/mol.